The summed E-state index contributed by atoms with van der Waals surface area (Å²) < 4.78 is 10.8. The zero-order chi connectivity index (χ0) is 20.9. The summed E-state index contributed by atoms with van der Waals surface area (Å²) in [6.45, 7) is 0. The Morgan fingerprint density at radius 2 is 1.13 bits per heavy atom. The summed E-state index contributed by atoms with van der Waals surface area (Å²) in [6, 6.07) is 18.9. The van der Waals surface area contributed by atoms with Gasteiger partial charge >= 0.3 is 6.03 Å². The quantitative estimate of drug-likeness (QED) is 0.410. The lowest BCUT2D eigenvalue weighted by Crippen LogP contribution is -2.19. The van der Waals surface area contributed by atoms with E-state index < -0.39 is 6.03 Å². The Bertz CT molecular complexity index is 1050. The van der Waals surface area contributed by atoms with Crippen molar-refractivity contribution in [2.75, 3.05) is 24.9 Å². The van der Waals surface area contributed by atoms with Crippen LogP contribution in [0.4, 0.5) is 15.1 Å². The van der Waals surface area contributed by atoms with Crippen LogP contribution in [0, 0.1) is 0 Å². The van der Waals surface area contributed by atoms with Crippen LogP contribution in [-0.4, -0.2) is 30.2 Å². The Labute approximate surface area is 181 Å². The van der Waals surface area contributed by atoms with Gasteiger partial charge in [-0.15, -0.1) is 0 Å². The van der Waals surface area contributed by atoms with Crippen LogP contribution in [0.2, 0.25) is 0 Å². The second kappa shape index (κ2) is 8.93. The van der Waals surface area contributed by atoms with Gasteiger partial charge in [0.25, 0.3) is 0 Å². The topological polar surface area (TPSA) is 85.4 Å². The van der Waals surface area contributed by atoms with Gasteiger partial charge in [0.1, 0.15) is 11.4 Å². The van der Waals surface area contributed by atoms with Crippen LogP contribution >= 0.6 is 22.7 Å². The molecule has 0 saturated heterocycles. The molecule has 0 unspecified atom stereocenters. The summed E-state index contributed by atoms with van der Waals surface area (Å²) in [5.41, 5.74) is 3.19. The van der Waals surface area contributed by atoms with Crippen molar-refractivity contribution in [3.8, 4) is 32.6 Å². The third-order valence-electron chi connectivity index (χ3n) is 4.10. The number of aromatic nitrogens is 2. The first-order chi connectivity index (χ1) is 14.7. The smallest absolute Gasteiger partial charge is 0.327 e. The van der Waals surface area contributed by atoms with E-state index in [-0.39, 0.29) is 0 Å². The number of urea groups is 1. The summed E-state index contributed by atoms with van der Waals surface area (Å²) >= 11 is 2.51. The van der Waals surface area contributed by atoms with E-state index in [0.717, 1.165) is 11.1 Å². The van der Waals surface area contributed by atoms with E-state index >= 15 is 0 Å². The molecule has 7 nitrogen and oxygen atoms in total. The average Bonchev–Trinajstić information content (AvgIpc) is 3.38. The molecule has 152 valence electrons. The Kier molecular flexibility index (Phi) is 5.92. The number of nitrogens with zero attached hydrogens (tertiary/aromatic N) is 2. The van der Waals surface area contributed by atoms with E-state index in [2.05, 4.69) is 20.6 Å². The lowest BCUT2D eigenvalue weighted by molar-refractivity contribution is 0.262. The second-order valence-corrected chi connectivity index (χ2v) is 7.95. The predicted molar refractivity (Wildman–Crippen MR) is 121 cm³/mol. The number of carbonyl (C=O) groups excluding carboxylic acids is 1. The zero-order valence-electron chi connectivity index (χ0n) is 16.2. The van der Waals surface area contributed by atoms with E-state index in [9.17, 15) is 4.79 Å². The van der Waals surface area contributed by atoms with Crippen molar-refractivity contribution in [1.29, 1.82) is 0 Å². The number of methoxy groups -OCH3 is 2. The highest BCUT2D eigenvalue weighted by molar-refractivity contribution is 7.18. The van der Waals surface area contributed by atoms with Crippen LogP contribution in [0.1, 0.15) is 0 Å². The molecule has 0 aliphatic heterocycles. The van der Waals surface area contributed by atoms with Gasteiger partial charge in [-0.3, -0.25) is 10.6 Å². The van der Waals surface area contributed by atoms with E-state index in [0.29, 0.717) is 31.8 Å². The minimum atomic E-state index is -0.443. The molecule has 4 aromatic rings. The normalized spacial score (nSPS) is 10.5. The first-order valence-corrected chi connectivity index (χ1v) is 10.6. The number of carbonyl (C=O) groups is 1. The summed E-state index contributed by atoms with van der Waals surface area (Å²) in [5.74, 6) is 0. The minimum Gasteiger partial charge on any atom is -0.486 e. The molecule has 0 aliphatic rings. The van der Waals surface area contributed by atoms with Crippen LogP contribution in [0.25, 0.3) is 22.5 Å². The molecule has 0 saturated carbocycles. The fraction of sp³-hybridized carbons (Fsp3) is 0.0952. The third kappa shape index (κ3) is 4.27. The molecular weight excluding hydrogens is 420 g/mol. The number of rotatable bonds is 6. The molecule has 0 spiro atoms. The van der Waals surface area contributed by atoms with Crippen LogP contribution in [0.15, 0.2) is 60.7 Å². The van der Waals surface area contributed by atoms with Crippen molar-refractivity contribution in [2.45, 2.75) is 0 Å². The van der Waals surface area contributed by atoms with E-state index in [1.165, 1.54) is 22.7 Å². The van der Waals surface area contributed by atoms with Gasteiger partial charge in [0.15, 0.2) is 10.3 Å². The standard InChI is InChI=1S/C21H18N4O3S2/c1-27-17-15(13-9-5-3-6-10-13)22-20(29-17)24-19(26)25-21-23-16(18(28-2)30-21)14-11-7-4-8-12-14/h3-12H,1-2H3,(H2,22,23,24,25,26). The maximum atomic E-state index is 12.5. The SMILES string of the molecule is COc1sc(NC(=O)Nc2nc(-c3ccccc3)c(OC)s2)nc1-c1ccccc1. The molecule has 0 bridgehead atoms. The summed E-state index contributed by atoms with van der Waals surface area (Å²) in [5, 5.41) is 7.59. The molecule has 30 heavy (non-hydrogen) atoms. The van der Waals surface area contributed by atoms with E-state index in [4.69, 9.17) is 9.47 Å². The zero-order valence-corrected chi connectivity index (χ0v) is 17.8. The van der Waals surface area contributed by atoms with Crippen molar-refractivity contribution in [3.05, 3.63) is 60.7 Å². The van der Waals surface area contributed by atoms with Gasteiger partial charge in [-0.2, -0.15) is 0 Å². The lowest BCUT2D eigenvalue weighted by atomic mass is 10.2. The van der Waals surface area contributed by atoms with E-state index in [1.807, 2.05) is 60.7 Å². The van der Waals surface area contributed by atoms with Crippen LogP contribution in [-0.2, 0) is 0 Å². The molecule has 2 amide bonds. The monoisotopic (exact) mass is 438 g/mol. The number of thiazole rings is 2. The highest BCUT2D eigenvalue weighted by Crippen LogP contribution is 2.39. The van der Waals surface area contributed by atoms with Crippen molar-refractivity contribution in [2.24, 2.45) is 0 Å². The number of amides is 2. The lowest BCUT2D eigenvalue weighted by Gasteiger charge is -2.01. The van der Waals surface area contributed by atoms with Gasteiger partial charge in [0, 0.05) is 11.1 Å². The minimum absolute atomic E-state index is 0.426. The molecule has 0 atom stereocenters. The fourth-order valence-corrected chi connectivity index (χ4v) is 4.38. The molecule has 0 aliphatic carbocycles. The van der Waals surface area contributed by atoms with Crippen molar-refractivity contribution >= 4 is 39.0 Å². The second-order valence-electron chi connectivity index (χ2n) is 6.03. The van der Waals surface area contributed by atoms with Gasteiger partial charge in [0.05, 0.1) is 14.2 Å². The summed E-state index contributed by atoms with van der Waals surface area (Å²) in [7, 11) is 3.16. The number of ether oxygens (including phenoxy) is 2. The molecule has 0 radical (unpaired) electrons. The summed E-state index contributed by atoms with van der Waals surface area (Å²) in [6.07, 6.45) is 0. The molecule has 4 rings (SSSR count). The molecule has 2 aromatic heterocycles. The van der Waals surface area contributed by atoms with Crippen LogP contribution in [0.5, 0.6) is 10.1 Å². The van der Waals surface area contributed by atoms with Gasteiger partial charge in [-0.25, -0.2) is 14.8 Å². The van der Waals surface area contributed by atoms with Gasteiger partial charge in [-0.1, -0.05) is 83.3 Å². The van der Waals surface area contributed by atoms with Gasteiger partial charge in [0.2, 0.25) is 10.1 Å². The fourth-order valence-electron chi connectivity index (χ4n) is 2.78. The Balaban J connectivity index is 1.51. The molecule has 2 N–H and O–H groups in total. The number of benzene rings is 2. The predicted octanol–water partition coefficient (Wildman–Crippen LogP) is 5.59. The largest absolute Gasteiger partial charge is 0.486 e. The molecule has 9 heteroatoms. The van der Waals surface area contributed by atoms with Crippen LogP contribution in [0.3, 0.4) is 0 Å². The Hall–Kier alpha value is -3.43. The Morgan fingerprint density at radius 3 is 1.50 bits per heavy atom. The maximum absolute atomic E-state index is 12.5. The van der Waals surface area contributed by atoms with Crippen molar-refractivity contribution in [3.63, 3.8) is 0 Å². The van der Waals surface area contributed by atoms with Crippen LogP contribution < -0.4 is 20.1 Å². The van der Waals surface area contributed by atoms with Crippen molar-refractivity contribution < 1.29 is 14.3 Å². The number of hydrogen-bond donors (Lipinski definition) is 2. The highest BCUT2D eigenvalue weighted by atomic mass is 32.1. The van der Waals surface area contributed by atoms with Gasteiger partial charge in [-0.05, 0) is 0 Å². The summed E-state index contributed by atoms with van der Waals surface area (Å²) in [4.78, 5) is 21.5. The number of hydrogen-bond acceptors (Lipinski definition) is 7. The molecular formula is C21H18N4O3S2. The molecule has 0 fully saturated rings. The Morgan fingerprint density at radius 1 is 0.733 bits per heavy atom. The van der Waals surface area contributed by atoms with Gasteiger partial charge < -0.3 is 9.47 Å². The molecule has 2 heterocycles. The number of nitrogens with one attached hydrogen (secondary N) is 2. The first-order valence-electron chi connectivity index (χ1n) is 8.96. The highest BCUT2D eigenvalue weighted by Gasteiger charge is 2.18. The first kappa shape index (κ1) is 19.9. The average molecular weight is 439 g/mol. The third-order valence-corrected chi connectivity index (χ3v) is 5.96. The maximum Gasteiger partial charge on any atom is 0.327 e. The van der Waals surface area contributed by atoms with E-state index in [1.54, 1.807) is 14.2 Å². The number of anilines is 2. The van der Waals surface area contributed by atoms with Crippen molar-refractivity contribution in [1.82, 2.24) is 9.97 Å². The molecule has 2 aromatic carbocycles.